The molecule has 0 saturated carbocycles. The Labute approximate surface area is 166 Å². The second kappa shape index (κ2) is 9.13. The van der Waals surface area contributed by atoms with Crippen molar-refractivity contribution in [2.24, 2.45) is 0 Å². The predicted molar refractivity (Wildman–Crippen MR) is 113 cm³/mol. The molecule has 0 saturated heterocycles. The second-order valence-electron chi connectivity index (χ2n) is 6.95. The second-order valence-corrected chi connectivity index (χ2v) is 6.95. The quantitative estimate of drug-likeness (QED) is 0.635. The van der Waals surface area contributed by atoms with E-state index in [1.54, 1.807) is 6.07 Å². The highest BCUT2D eigenvalue weighted by Crippen LogP contribution is 2.18. The molecule has 1 atom stereocenters. The van der Waals surface area contributed by atoms with Crippen LogP contribution >= 0.6 is 0 Å². The maximum absolute atomic E-state index is 12.6. The first kappa shape index (κ1) is 19.5. The van der Waals surface area contributed by atoms with E-state index in [9.17, 15) is 4.79 Å². The standard InChI is InChI=1S/C23H26N4O/c1-4-17(3)25-23(28)20-14-21(24-15-18-12-10-16(2)11-13-18)27-22(26-20)19-8-6-5-7-9-19/h5-14,17H,4,15H2,1-3H3,(H,25,28)(H,24,26,27). The summed E-state index contributed by atoms with van der Waals surface area (Å²) < 4.78 is 0. The molecular weight excluding hydrogens is 348 g/mol. The summed E-state index contributed by atoms with van der Waals surface area (Å²) in [6.07, 6.45) is 0.862. The Balaban J connectivity index is 1.88. The van der Waals surface area contributed by atoms with Gasteiger partial charge in [-0.3, -0.25) is 4.79 Å². The van der Waals surface area contributed by atoms with Crippen molar-refractivity contribution in [2.45, 2.75) is 39.8 Å². The van der Waals surface area contributed by atoms with Crippen molar-refractivity contribution < 1.29 is 4.79 Å². The summed E-state index contributed by atoms with van der Waals surface area (Å²) >= 11 is 0. The van der Waals surface area contributed by atoms with E-state index in [0.29, 0.717) is 23.9 Å². The van der Waals surface area contributed by atoms with E-state index in [1.807, 2.05) is 44.2 Å². The summed E-state index contributed by atoms with van der Waals surface area (Å²) in [7, 11) is 0. The molecule has 3 rings (SSSR count). The van der Waals surface area contributed by atoms with Gasteiger partial charge in [-0.05, 0) is 25.8 Å². The molecule has 0 aliphatic carbocycles. The number of aromatic nitrogens is 2. The molecule has 0 aliphatic heterocycles. The molecule has 28 heavy (non-hydrogen) atoms. The summed E-state index contributed by atoms with van der Waals surface area (Å²) in [6, 6.07) is 19.8. The molecule has 1 heterocycles. The summed E-state index contributed by atoms with van der Waals surface area (Å²) in [5.41, 5.74) is 3.61. The van der Waals surface area contributed by atoms with Crippen molar-refractivity contribution in [3.8, 4) is 11.4 Å². The molecule has 2 N–H and O–H groups in total. The lowest BCUT2D eigenvalue weighted by molar-refractivity contribution is 0.0934. The third kappa shape index (κ3) is 5.16. The minimum Gasteiger partial charge on any atom is -0.366 e. The zero-order valence-corrected chi connectivity index (χ0v) is 16.6. The molecular formula is C23H26N4O. The van der Waals surface area contributed by atoms with Crippen molar-refractivity contribution in [3.05, 3.63) is 77.5 Å². The Morgan fingerprint density at radius 2 is 1.75 bits per heavy atom. The van der Waals surface area contributed by atoms with Crippen LogP contribution in [0.25, 0.3) is 11.4 Å². The number of anilines is 1. The van der Waals surface area contributed by atoms with Gasteiger partial charge in [0.1, 0.15) is 11.5 Å². The number of nitrogens with zero attached hydrogens (tertiary/aromatic N) is 2. The van der Waals surface area contributed by atoms with Gasteiger partial charge >= 0.3 is 0 Å². The lowest BCUT2D eigenvalue weighted by Gasteiger charge is -2.13. The van der Waals surface area contributed by atoms with E-state index in [2.05, 4.69) is 51.8 Å². The van der Waals surface area contributed by atoms with Gasteiger partial charge in [-0.15, -0.1) is 0 Å². The highest BCUT2D eigenvalue weighted by Gasteiger charge is 2.14. The molecule has 5 nitrogen and oxygen atoms in total. The molecule has 0 bridgehead atoms. The van der Waals surface area contributed by atoms with E-state index < -0.39 is 0 Å². The van der Waals surface area contributed by atoms with Gasteiger partial charge in [-0.25, -0.2) is 9.97 Å². The first-order valence-corrected chi connectivity index (χ1v) is 9.60. The third-order valence-electron chi connectivity index (χ3n) is 4.57. The van der Waals surface area contributed by atoms with Crippen LogP contribution in [0.4, 0.5) is 5.82 Å². The molecule has 1 aromatic heterocycles. The van der Waals surface area contributed by atoms with Gasteiger partial charge in [0.05, 0.1) is 0 Å². The van der Waals surface area contributed by atoms with Gasteiger partial charge in [0.15, 0.2) is 5.82 Å². The number of rotatable bonds is 7. The lowest BCUT2D eigenvalue weighted by atomic mass is 10.1. The number of benzene rings is 2. The number of hydrogen-bond acceptors (Lipinski definition) is 4. The van der Waals surface area contributed by atoms with Crippen LogP contribution in [0.3, 0.4) is 0 Å². The van der Waals surface area contributed by atoms with Crippen LogP contribution in [0.5, 0.6) is 0 Å². The molecule has 3 aromatic rings. The van der Waals surface area contributed by atoms with Crippen molar-refractivity contribution in [3.63, 3.8) is 0 Å². The maximum Gasteiger partial charge on any atom is 0.270 e. The number of amides is 1. The number of aryl methyl sites for hydroxylation is 1. The van der Waals surface area contributed by atoms with Crippen LogP contribution in [0.2, 0.25) is 0 Å². The topological polar surface area (TPSA) is 66.9 Å². The average Bonchev–Trinajstić information content (AvgIpc) is 2.73. The fourth-order valence-electron chi connectivity index (χ4n) is 2.67. The van der Waals surface area contributed by atoms with E-state index in [4.69, 9.17) is 0 Å². The minimum atomic E-state index is -0.188. The van der Waals surface area contributed by atoms with E-state index >= 15 is 0 Å². The maximum atomic E-state index is 12.6. The van der Waals surface area contributed by atoms with Crippen LogP contribution < -0.4 is 10.6 Å². The zero-order valence-electron chi connectivity index (χ0n) is 16.6. The summed E-state index contributed by atoms with van der Waals surface area (Å²) in [6.45, 7) is 6.70. The van der Waals surface area contributed by atoms with E-state index in [-0.39, 0.29) is 11.9 Å². The Kier molecular flexibility index (Phi) is 6.37. The predicted octanol–water partition coefficient (Wildman–Crippen LogP) is 4.59. The number of carbonyl (C=O) groups excluding carboxylic acids is 1. The van der Waals surface area contributed by atoms with Gasteiger partial charge in [0.25, 0.3) is 5.91 Å². The third-order valence-corrected chi connectivity index (χ3v) is 4.57. The Bertz CT molecular complexity index is 923. The first-order valence-electron chi connectivity index (χ1n) is 9.60. The Morgan fingerprint density at radius 1 is 1.04 bits per heavy atom. The molecule has 2 aromatic carbocycles. The van der Waals surface area contributed by atoms with Gasteiger partial charge in [-0.1, -0.05) is 67.1 Å². The van der Waals surface area contributed by atoms with Gasteiger partial charge < -0.3 is 10.6 Å². The highest BCUT2D eigenvalue weighted by molar-refractivity contribution is 5.93. The van der Waals surface area contributed by atoms with Crippen LogP contribution in [0.1, 0.15) is 41.9 Å². The summed E-state index contributed by atoms with van der Waals surface area (Å²) in [5.74, 6) is 0.972. The summed E-state index contributed by atoms with van der Waals surface area (Å²) in [5, 5.41) is 6.30. The average molecular weight is 374 g/mol. The van der Waals surface area contributed by atoms with Crippen molar-refractivity contribution in [2.75, 3.05) is 5.32 Å². The molecule has 144 valence electrons. The SMILES string of the molecule is CCC(C)NC(=O)c1cc(NCc2ccc(C)cc2)nc(-c2ccccc2)n1. The normalized spacial score (nSPS) is 11.7. The number of carbonyl (C=O) groups is 1. The molecule has 1 unspecified atom stereocenters. The van der Waals surface area contributed by atoms with Crippen molar-refractivity contribution in [1.82, 2.24) is 15.3 Å². The number of hydrogen-bond donors (Lipinski definition) is 2. The molecule has 1 amide bonds. The largest absolute Gasteiger partial charge is 0.366 e. The molecule has 0 spiro atoms. The van der Waals surface area contributed by atoms with Gasteiger partial charge in [0, 0.05) is 24.2 Å². The van der Waals surface area contributed by atoms with Gasteiger partial charge in [0.2, 0.25) is 0 Å². The van der Waals surface area contributed by atoms with Crippen LogP contribution in [0.15, 0.2) is 60.7 Å². The van der Waals surface area contributed by atoms with E-state index in [1.165, 1.54) is 5.56 Å². The highest BCUT2D eigenvalue weighted by atomic mass is 16.1. The fraction of sp³-hybridized carbons (Fsp3) is 0.261. The summed E-state index contributed by atoms with van der Waals surface area (Å²) in [4.78, 5) is 21.7. The van der Waals surface area contributed by atoms with Crippen LogP contribution in [-0.2, 0) is 6.54 Å². The fourth-order valence-corrected chi connectivity index (χ4v) is 2.67. The minimum absolute atomic E-state index is 0.0895. The molecule has 0 aliphatic rings. The van der Waals surface area contributed by atoms with Crippen LogP contribution in [-0.4, -0.2) is 21.9 Å². The lowest BCUT2D eigenvalue weighted by Crippen LogP contribution is -2.32. The molecule has 0 radical (unpaired) electrons. The van der Waals surface area contributed by atoms with Crippen molar-refractivity contribution >= 4 is 11.7 Å². The molecule has 0 fully saturated rings. The Morgan fingerprint density at radius 3 is 2.43 bits per heavy atom. The smallest absolute Gasteiger partial charge is 0.270 e. The van der Waals surface area contributed by atoms with Gasteiger partial charge in [-0.2, -0.15) is 0 Å². The van der Waals surface area contributed by atoms with Crippen molar-refractivity contribution in [1.29, 1.82) is 0 Å². The first-order chi connectivity index (χ1) is 13.5. The Hall–Kier alpha value is -3.21. The van der Waals surface area contributed by atoms with E-state index in [0.717, 1.165) is 17.5 Å². The number of nitrogens with one attached hydrogen (secondary N) is 2. The molecule has 5 heteroatoms. The zero-order chi connectivity index (χ0) is 19.9. The monoisotopic (exact) mass is 374 g/mol. The van der Waals surface area contributed by atoms with Crippen LogP contribution in [0, 0.1) is 6.92 Å².